The number of hydrogen-bond donors (Lipinski definition) is 5. The summed E-state index contributed by atoms with van der Waals surface area (Å²) in [5.74, 6) is -3.98. The van der Waals surface area contributed by atoms with Crippen molar-refractivity contribution in [2.24, 2.45) is 5.92 Å². The summed E-state index contributed by atoms with van der Waals surface area (Å²) in [6, 6.07) is 12.2. The normalized spacial score (nSPS) is 12.2. The number of amides is 3. The Labute approximate surface area is 220 Å². The molecular weight excluding hydrogens is 494 g/mol. The van der Waals surface area contributed by atoms with Gasteiger partial charge in [-0.3, -0.25) is 9.59 Å². The highest BCUT2D eigenvalue weighted by Crippen LogP contribution is 2.09. The van der Waals surface area contributed by atoms with Gasteiger partial charge in [0, 0.05) is 12.1 Å². The Morgan fingerprint density at radius 3 is 2.05 bits per heavy atom. The van der Waals surface area contributed by atoms with Gasteiger partial charge in [-0.15, -0.1) is 0 Å². The number of unbranched alkanes of at least 4 members (excludes halogenated alkanes) is 1. The Morgan fingerprint density at radius 2 is 1.47 bits per heavy atom. The van der Waals surface area contributed by atoms with Crippen LogP contribution in [0.3, 0.4) is 0 Å². The number of aromatic carboxylic acids is 1. The zero-order chi connectivity index (χ0) is 28.1. The highest BCUT2D eigenvalue weighted by molar-refractivity contribution is 5.99. The number of carbonyl (C=O) groups is 5. The SMILES string of the molecule is CC(C)[C@H](NC(=O)[C@H](CCCCNC(=O)OCc1ccccc1)NC(=O)c1ccc(C(=O)O)cc1)C(=O)O. The van der Waals surface area contributed by atoms with Crippen molar-refractivity contribution < 1.29 is 38.9 Å². The standard InChI is InChI=1S/C27H33N3O8/c1-17(2)22(26(35)36)30-24(32)21(29-23(31)19-11-13-20(14-12-19)25(33)34)10-6-7-15-28-27(37)38-16-18-8-4-3-5-9-18/h3-5,8-9,11-14,17,21-22H,6-7,10,15-16H2,1-2H3,(H,28,37)(H,29,31)(H,30,32)(H,33,34)(H,35,36)/t21-,22-/m0/s1. The molecular formula is C27H33N3O8. The Bertz CT molecular complexity index is 1100. The lowest BCUT2D eigenvalue weighted by molar-refractivity contribution is -0.143. The summed E-state index contributed by atoms with van der Waals surface area (Å²) >= 11 is 0. The molecule has 2 rings (SSSR count). The van der Waals surface area contributed by atoms with E-state index in [9.17, 15) is 29.1 Å². The van der Waals surface area contributed by atoms with Gasteiger partial charge in [0.05, 0.1) is 5.56 Å². The van der Waals surface area contributed by atoms with Crippen molar-refractivity contribution in [2.45, 2.75) is 51.8 Å². The van der Waals surface area contributed by atoms with E-state index in [1.807, 2.05) is 30.3 Å². The van der Waals surface area contributed by atoms with Gasteiger partial charge in [-0.1, -0.05) is 44.2 Å². The van der Waals surface area contributed by atoms with Gasteiger partial charge in [0.15, 0.2) is 0 Å². The number of ether oxygens (including phenoxy) is 1. The number of carboxylic acid groups (broad SMARTS) is 2. The number of alkyl carbamates (subject to hydrolysis) is 1. The van der Waals surface area contributed by atoms with Gasteiger partial charge < -0.3 is 30.9 Å². The Kier molecular flexibility index (Phi) is 11.8. The van der Waals surface area contributed by atoms with Crippen LogP contribution >= 0.6 is 0 Å². The van der Waals surface area contributed by atoms with Gasteiger partial charge >= 0.3 is 18.0 Å². The van der Waals surface area contributed by atoms with E-state index in [1.54, 1.807) is 13.8 Å². The number of hydrogen-bond acceptors (Lipinski definition) is 6. The van der Waals surface area contributed by atoms with Crippen LogP contribution in [0.5, 0.6) is 0 Å². The molecule has 38 heavy (non-hydrogen) atoms. The predicted molar refractivity (Wildman–Crippen MR) is 138 cm³/mol. The van der Waals surface area contributed by atoms with E-state index in [2.05, 4.69) is 16.0 Å². The third kappa shape index (κ3) is 9.92. The monoisotopic (exact) mass is 527 g/mol. The van der Waals surface area contributed by atoms with Crippen LogP contribution in [0.2, 0.25) is 0 Å². The van der Waals surface area contributed by atoms with Crippen LogP contribution in [0.15, 0.2) is 54.6 Å². The van der Waals surface area contributed by atoms with E-state index in [0.717, 1.165) is 5.56 Å². The largest absolute Gasteiger partial charge is 0.480 e. The van der Waals surface area contributed by atoms with Crippen LogP contribution < -0.4 is 16.0 Å². The Morgan fingerprint density at radius 1 is 0.842 bits per heavy atom. The van der Waals surface area contributed by atoms with Crippen molar-refractivity contribution in [1.29, 1.82) is 0 Å². The summed E-state index contributed by atoms with van der Waals surface area (Å²) in [5.41, 5.74) is 1.01. The molecule has 0 bridgehead atoms. The summed E-state index contributed by atoms with van der Waals surface area (Å²) in [6.45, 7) is 3.71. The maximum absolute atomic E-state index is 12.9. The number of aliphatic carboxylic acids is 1. The first-order valence-corrected chi connectivity index (χ1v) is 12.2. The molecule has 0 heterocycles. The second-order valence-corrected chi connectivity index (χ2v) is 8.96. The van der Waals surface area contributed by atoms with E-state index >= 15 is 0 Å². The summed E-state index contributed by atoms with van der Waals surface area (Å²) in [5, 5.41) is 26.1. The van der Waals surface area contributed by atoms with Crippen LogP contribution in [-0.2, 0) is 20.9 Å². The molecule has 0 saturated heterocycles. The Hall–Kier alpha value is -4.41. The van der Waals surface area contributed by atoms with Gasteiger partial charge in [-0.25, -0.2) is 14.4 Å². The van der Waals surface area contributed by atoms with Crippen molar-refractivity contribution in [3.8, 4) is 0 Å². The molecule has 0 radical (unpaired) electrons. The first-order chi connectivity index (χ1) is 18.1. The quantitative estimate of drug-likeness (QED) is 0.233. The number of carbonyl (C=O) groups excluding carboxylic acids is 3. The molecule has 0 fully saturated rings. The van der Waals surface area contributed by atoms with Gasteiger partial charge in [-0.2, -0.15) is 0 Å². The topological polar surface area (TPSA) is 171 Å². The fourth-order valence-electron chi connectivity index (χ4n) is 3.48. The smallest absolute Gasteiger partial charge is 0.407 e. The summed E-state index contributed by atoms with van der Waals surface area (Å²) in [6.07, 6.45) is 0.493. The first kappa shape index (κ1) is 29.8. The van der Waals surface area contributed by atoms with Gasteiger partial charge in [0.25, 0.3) is 5.91 Å². The molecule has 11 nitrogen and oxygen atoms in total. The van der Waals surface area contributed by atoms with Crippen LogP contribution in [0.1, 0.15) is 59.4 Å². The average molecular weight is 528 g/mol. The lowest BCUT2D eigenvalue weighted by Gasteiger charge is -2.23. The molecule has 0 aliphatic carbocycles. The van der Waals surface area contributed by atoms with Gasteiger partial charge in [-0.05, 0) is 55.0 Å². The number of carboxylic acids is 2. The molecule has 0 aromatic heterocycles. The maximum atomic E-state index is 12.9. The Balaban J connectivity index is 1.93. The van der Waals surface area contributed by atoms with Crippen molar-refractivity contribution in [3.05, 3.63) is 71.3 Å². The second kappa shape index (κ2) is 15.0. The van der Waals surface area contributed by atoms with Crippen LogP contribution in [0.4, 0.5) is 4.79 Å². The van der Waals surface area contributed by atoms with E-state index in [1.165, 1.54) is 24.3 Å². The van der Waals surface area contributed by atoms with Crippen molar-refractivity contribution in [3.63, 3.8) is 0 Å². The lowest BCUT2D eigenvalue weighted by Crippen LogP contribution is -2.53. The molecule has 0 spiro atoms. The molecule has 11 heteroatoms. The molecule has 0 aliphatic heterocycles. The summed E-state index contributed by atoms with van der Waals surface area (Å²) < 4.78 is 5.14. The number of rotatable bonds is 14. The van der Waals surface area contributed by atoms with Crippen molar-refractivity contribution >= 4 is 29.8 Å². The average Bonchev–Trinajstić information content (AvgIpc) is 2.89. The van der Waals surface area contributed by atoms with Crippen molar-refractivity contribution in [1.82, 2.24) is 16.0 Å². The third-order valence-corrected chi connectivity index (χ3v) is 5.65. The molecule has 3 amide bonds. The number of nitrogens with one attached hydrogen (secondary N) is 3. The predicted octanol–water partition coefficient (Wildman–Crippen LogP) is 2.81. The molecule has 0 saturated carbocycles. The minimum atomic E-state index is -1.19. The molecule has 2 aromatic carbocycles. The minimum absolute atomic E-state index is 0.00636. The first-order valence-electron chi connectivity index (χ1n) is 12.2. The third-order valence-electron chi connectivity index (χ3n) is 5.65. The van der Waals surface area contributed by atoms with Gasteiger partial charge in [0.1, 0.15) is 18.7 Å². The molecule has 204 valence electrons. The highest BCUT2D eigenvalue weighted by Gasteiger charge is 2.28. The number of benzene rings is 2. The zero-order valence-corrected chi connectivity index (χ0v) is 21.3. The van der Waals surface area contributed by atoms with Gasteiger partial charge in [0.2, 0.25) is 5.91 Å². The summed E-state index contributed by atoms with van der Waals surface area (Å²) in [4.78, 5) is 60.1. The van der Waals surface area contributed by atoms with E-state index < -0.39 is 41.9 Å². The second-order valence-electron chi connectivity index (χ2n) is 8.96. The van der Waals surface area contributed by atoms with E-state index in [0.29, 0.717) is 12.8 Å². The van der Waals surface area contributed by atoms with Crippen molar-refractivity contribution in [2.75, 3.05) is 6.54 Å². The molecule has 0 unspecified atom stereocenters. The highest BCUT2D eigenvalue weighted by atomic mass is 16.5. The van der Waals surface area contributed by atoms with E-state index in [4.69, 9.17) is 9.84 Å². The molecule has 2 aromatic rings. The van der Waals surface area contributed by atoms with Crippen LogP contribution in [0, 0.1) is 5.92 Å². The molecule has 5 N–H and O–H groups in total. The maximum Gasteiger partial charge on any atom is 0.407 e. The summed E-state index contributed by atoms with van der Waals surface area (Å²) in [7, 11) is 0. The zero-order valence-electron chi connectivity index (χ0n) is 21.3. The van der Waals surface area contributed by atoms with E-state index in [-0.39, 0.29) is 36.6 Å². The minimum Gasteiger partial charge on any atom is -0.480 e. The fraction of sp³-hybridized carbons (Fsp3) is 0.370. The van der Waals surface area contributed by atoms with Crippen LogP contribution in [-0.4, -0.2) is 58.7 Å². The lowest BCUT2D eigenvalue weighted by atomic mass is 10.0. The fourth-order valence-corrected chi connectivity index (χ4v) is 3.48. The molecule has 0 aliphatic rings. The van der Waals surface area contributed by atoms with Crippen LogP contribution in [0.25, 0.3) is 0 Å². The molecule has 2 atom stereocenters.